The molecule has 2 N–H and O–H groups in total. The van der Waals surface area contributed by atoms with E-state index < -0.39 is 18.0 Å². The van der Waals surface area contributed by atoms with Crippen molar-refractivity contribution in [3.8, 4) is 11.5 Å². The normalized spacial score (nSPS) is 19.3. The summed E-state index contributed by atoms with van der Waals surface area (Å²) < 4.78 is 17.8. The number of aromatic carboxylic acids is 1. The van der Waals surface area contributed by atoms with Crippen LogP contribution in [0.15, 0.2) is 48.2 Å². The lowest BCUT2D eigenvalue weighted by Crippen LogP contribution is -2.53. The zero-order valence-electron chi connectivity index (χ0n) is 25.6. The maximum absolute atomic E-state index is 13.7. The van der Waals surface area contributed by atoms with Crippen LogP contribution in [0.1, 0.15) is 50.0 Å². The number of nitrogens with zero attached hydrogens (tertiary/aromatic N) is 4. The summed E-state index contributed by atoms with van der Waals surface area (Å²) in [7, 11) is 3.06. The van der Waals surface area contributed by atoms with Crippen molar-refractivity contribution in [2.24, 2.45) is 5.92 Å². The molecule has 11 nitrogen and oxygen atoms in total. The van der Waals surface area contributed by atoms with E-state index in [0.717, 1.165) is 47.6 Å². The number of hydrogen-bond donors (Lipinski definition) is 2. The molecule has 2 atom stereocenters. The number of halogens is 2. The third-order valence-corrected chi connectivity index (χ3v) is 11.3. The molecule has 0 saturated carbocycles. The first-order valence-corrected chi connectivity index (χ1v) is 17.4. The molecule has 3 aliphatic rings. The van der Waals surface area contributed by atoms with Crippen molar-refractivity contribution in [2.45, 2.75) is 37.8 Å². The van der Waals surface area contributed by atoms with Crippen LogP contribution in [0.25, 0.3) is 0 Å². The van der Waals surface area contributed by atoms with Gasteiger partial charge in [0.25, 0.3) is 0 Å². The fourth-order valence-corrected chi connectivity index (χ4v) is 8.62. The van der Waals surface area contributed by atoms with Crippen molar-refractivity contribution < 1.29 is 38.8 Å². The number of fused-ring (bicyclic) bond motifs is 3. The highest BCUT2D eigenvalue weighted by molar-refractivity contribution is 7.14. The first kappa shape index (κ1) is 33.3. The Hall–Kier alpha value is -3.62. The molecular formula is C32H33Cl2N4O7S2+. The number of thiophene rings is 1. The van der Waals surface area contributed by atoms with Gasteiger partial charge in [0.05, 0.1) is 20.8 Å². The largest absolute Gasteiger partial charge is 0.493 e. The maximum atomic E-state index is 13.7. The van der Waals surface area contributed by atoms with Gasteiger partial charge in [0.1, 0.15) is 21.0 Å². The van der Waals surface area contributed by atoms with Crippen LogP contribution in [-0.2, 0) is 17.7 Å². The number of hydrogen-bond acceptors (Lipinski definition) is 10. The summed E-state index contributed by atoms with van der Waals surface area (Å²) in [6.07, 6.45) is 5.73. The Bertz CT molecular complexity index is 1740. The van der Waals surface area contributed by atoms with Crippen LogP contribution in [0.5, 0.6) is 11.5 Å². The lowest BCUT2D eigenvalue weighted by Gasteiger charge is -2.44. The van der Waals surface area contributed by atoms with E-state index in [1.165, 1.54) is 42.8 Å². The standard InChI is InChI=1S/C32H32Cl2N4O7S2/c1-43-26-4-3-19(11-27(26)44-2)21(13-23-24(33)15-37(42)16-25(23)34)22-12-20(47-29(22)30(39)40)14-38(31-35-7-10-46-31)32(41)45-28-17-36-8-5-18(28)6-9-36/h3-4,7,10-12,15-16,18,21,28H,5-6,8-9,13-14,17H2,1-2H3,(H-,39,40,42)/p+1/t21-,28-/m0/s1. The Morgan fingerprint density at radius 1 is 1.13 bits per heavy atom. The smallest absolute Gasteiger partial charge is 0.416 e. The number of anilines is 1. The fourth-order valence-electron chi connectivity index (χ4n) is 6.33. The van der Waals surface area contributed by atoms with Gasteiger partial charge in [-0.1, -0.05) is 29.3 Å². The Labute approximate surface area is 289 Å². The second kappa shape index (κ2) is 14.2. The van der Waals surface area contributed by atoms with E-state index in [1.54, 1.807) is 29.8 Å². The number of carboxylic acid groups (broad SMARTS) is 1. The van der Waals surface area contributed by atoms with Crippen LogP contribution in [0.3, 0.4) is 0 Å². The van der Waals surface area contributed by atoms with Crippen molar-refractivity contribution in [1.82, 2.24) is 9.88 Å². The number of thiazole rings is 1. The van der Waals surface area contributed by atoms with E-state index in [9.17, 15) is 19.9 Å². The molecule has 1 amide bonds. The van der Waals surface area contributed by atoms with Crippen molar-refractivity contribution in [2.75, 3.05) is 38.8 Å². The molecule has 3 aromatic heterocycles. The first-order valence-electron chi connectivity index (χ1n) is 14.9. The highest BCUT2D eigenvalue weighted by Gasteiger charge is 2.38. The van der Waals surface area contributed by atoms with Crippen molar-refractivity contribution in [3.63, 3.8) is 0 Å². The molecule has 3 aliphatic heterocycles. The predicted molar refractivity (Wildman–Crippen MR) is 178 cm³/mol. The molecule has 3 fully saturated rings. The Morgan fingerprint density at radius 3 is 2.45 bits per heavy atom. The highest BCUT2D eigenvalue weighted by atomic mass is 35.5. The third-order valence-electron chi connectivity index (χ3n) is 8.70. The van der Waals surface area contributed by atoms with Crippen LogP contribution in [-0.4, -0.2) is 72.2 Å². The van der Waals surface area contributed by atoms with Gasteiger partial charge in [0.2, 0.25) is 12.4 Å². The van der Waals surface area contributed by atoms with E-state index in [2.05, 4.69) is 9.88 Å². The average Bonchev–Trinajstić information content (AvgIpc) is 3.74. The van der Waals surface area contributed by atoms with Crippen LogP contribution < -0.4 is 19.1 Å². The Kier molecular flexibility index (Phi) is 10.1. The number of amides is 1. The molecule has 47 heavy (non-hydrogen) atoms. The van der Waals surface area contributed by atoms with Crippen molar-refractivity contribution in [3.05, 3.63) is 84.7 Å². The number of pyridine rings is 1. The van der Waals surface area contributed by atoms with Gasteiger partial charge in [-0.15, -0.1) is 22.7 Å². The minimum atomic E-state index is -1.11. The maximum Gasteiger partial charge on any atom is 0.416 e. The number of ether oxygens (including phenoxy) is 3. The number of benzene rings is 1. The van der Waals surface area contributed by atoms with E-state index in [4.69, 9.17) is 37.4 Å². The van der Waals surface area contributed by atoms with Crippen LogP contribution >= 0.6 is 45.9 Å². The summed E-state index contributed by atoms with van der Waals surface area (Å²) in [5, 5.41) is 23.1. The molecule has 0 spiro atoms. The van der Waals surface area contributed by atoms with Crippen molar-refractivity contribution in [1.29, 1.82) is 0 Å². The lowest BCUT2D eigenvalue weighted by molar-refractivity contribution is -0.904. The SMILES string of the molecule is COc1ccc([C@H](Cc2c(Cl)c[n+](O)cc2Cl)c2cc(CN(C(=O)O[C@H]3CN4CCC3CC4)c3nccs3)sc2C(=O)O)cc1OC. The van der Waals surface area contributed by atoms with Gasteiger partial charge in [-0.3, -0.25) is 10.1 Å². The number of piperidine rings is 3. The number of rotatable bonds is 11. The zero-order valence-corrected chi connectivity index (χ0v) is 28.7. The molecule has 4 aromatic rings. The van der Waals surface area contributed by atoms with Crippen molar-refractivity contribution >= 4 is 63.1 Å². The fraction of sp³-hybridized carbons (Fsp3) is 0.375. The molecule has 248 valence electrons. The van der Waals surface area contributed by atoms with Gasteiger partial charge in [0.15, 0.2) is 16.6 Å². The molecule has 0 radical (unpaired) electrons. The quantitative estimate of drug-likeness (QED) is 0.135. The zero-order chi connectivity index (χ0) is 33.2. The topological polar surface area (TPSA) is 126 Å². The number of methoxy groups -OCH3 is 2. The molecular weight excluding hydrogens is 687 g/mol. The molecule has 2 bridgehead atoms. The molecule has 6 heterocycles. The van der Waals surface area contributed by atoms with Gasteiger partial charge >= 0.3 is 12.1 Å². The van der Waals surface area contributed by atoms with Crippen LogP contribution in [0.4, 0.5) is 9.93 Å². The molecule has 7 rings (SSSR count). The number of carbonyl (C=O) groups is 2. The van der Waals surface area contributed by atoms with Gasteiger partial charge in [-0.25, -0.2) is 19.5 Å². The summed E-state index contributed by atoms with van der Waals surface area (Å²) >= 11 is 15.5. The first-order chi connectivity index (χ1) is 22.6. The minimum Gasteiger partial charge on any atom is -0.493 e. The molecule has 15 heteroatoms. The van der Waals surface area contributed by atoms with E-state index >= 15 is 0 Å². The number of carbonyl (C=O) groups excluding carboxylic acids is 1. The van der Waals surface area contributed by atoms with Gasteiger partial charge in [0, 0.05) is 39.2 Å². The molecule has 1 aromatic carbocycles. The molecule has 0 unspecified atom stereocenters. The molecule has 0 aliphatic carbocycles. The second-order valence-corrected chi connectivity index (χ2v) is 14.3. The average molecular weight is 721 g/mol. The van der Waals surface area contributed by atoms with Crippen LogP contribution in [0, 0.1) is 5.92 Å². The third kappa shape index (κ3) is 7.14. The Balaban J connectivity index is 1.38. The van der Waals surface area contributed by atoms with Crippen LogP contribution in [0.2, 0.25) is 10.0 Å². The number of carboxylic acids is 1. The monoisotopic (exact) mass is 719 g/mol. The highest BCUT2D eigenvalue weighted by Crippen LogP contribution is 2.41. The summed E-state index contributed by atoms with van der Waals surface area (Å²) in [5.41, 5.74) is 1.75. The number of aromatic nitrogens is 2. The predicted octanol–water partition coefficient (Wildman–Crippen LogP) is 6.36. The molecule has 3 saturated heterocycles. The van der Waals surface area contributed by atoms with E-state index in [1.807, 2.05) is 6.07 Å². The Morgan fingerprint density at radius 2 is 1.85 bits per heavy atom. The summed E-state index contributed by atoms with van der Waals surface area (Å²) in [5.74, 6) is -0.380. The van der Waals surface area contributed by atoms with E-state index in [0.29, 0.717) is 45.1 Å². The summed E-state index contributed by atoms with van der Waals surface area (Å²) in [6, 6.07) is 7.17. The van der Waals surface area contributed by atoms with Gasteiger partial charge in [-0.2, -0.15) is 0 Å². The summed E-state index contributed by atoms with van der Waals surface area (Å²) in [4.78, 5) is 35.4. The lowest BCUT2D eigenvalue weighted by atomic mass is 9.85. The minimum absolute atomic E-state index is 0.0639. The van der Waals surface area contributed by atoms with E-state index in [-0.39, 0.29) is 34.0 Å². The summed E-state index contributed by atoms with van der Waals surface area (Å²) in [6.45, 7) is 2.81. The second-order valence-electron chi connectivity index (χ2n) is 11.4. The van der Waals surface area contributed by atoms with Gasteiger partial charge in [-0.05, 0) is 67.6 Å². The van der Waals surface area contributed by atoms with Gasteiger partial charge < -0.3 is 19.3 Å².